The Morgan fingerprint density at radius 3 is 2.91 bits per heavy atom. The van der Waals surface area contributed by atoms with E-state index in [0.717, 1.165) is 23.7 Å². The van der Waals surface area contributed by atoms with Crippen LogP contribution in [0.3, 0.4) is 0 Å². The van der Waals surface area contributed by atoms with Crippen LogP contribution < -0.4 is 11.1 Å². The second-order valence-electron chi connectivity index (χ2n) is 5.73. The van der Waals surface area contributed by atoms with Gasteiger partial charge < -0.3 is 20.5 Å². The van der Waals surface area contributed by atoms with Gasteiger partial charge in [0.15, 0.2) is 5.82 Å². The fraction of sp³-hybridized carbons (Fsp3) is 0.467. The third-order valence-corrected chi connectivity index (χ3v) is 3.84. The zero-order chi connectivity index (χ0) is 16.4. The third-order valence-electron chi connectivity index (χ3n) is 3.84. The molecule has 0 bridgehead atoms. The molecule has 23 heavy (non-hydrogen) atoms. The van der Waals surface area contributed by atoms with Crippen LogP contribution in [-0.2, 0) is 4.79 Å². The molecule has 3 N–H and O–H groups in total. The van der Waals surface area contributed by atoms with Crippen LogP contribution in [0.2, 0.25) is 0 Å². The number of carbonyl (C=O) groups excluding carboxylic acids is 1. The molecule has 0 saturated carbocycles. The first-order valence-electron chi connectivity index (χ1n) is 7.59. The first-order valence-corrected chi connectivity index (χ1v) is 7.59. The highest BCUT2D eigenvalue weighted by Gasteiger charge is 2.28. The van der Waals surface area contributed by atoms with Gasteiger partial charge in [-0.2, -0.15) is 0 Å². The molecule has 3 heterocycles. The van der Waals surface area contributed by atoms with Crippen molar-refractivity contribution >= 4 is 17.5 Å². The van der Waals surface area contributed by atoms with Gasteiger partial charge in [0.25, 0.3) is 0 Å². The highest BCUT2D eigenvalue weighted by Crippen LogP contribution is 2.26. The van der Waals surface area contributed by atoms with E-state index in [0.29, 0.717) is 24.7 Å². The summed E-state index contributed by atoms with van der Waals surface area (Å²) in [5.41, 5.74) is 6.29. The number of likely N-dealkylation sites (tertiary alicyclic amines) is 1. The molecule has 1 fully saturated rings. The van der Waals surface area contributed by atoms with Crippen LogP contribution in [0.25, 0.3) is 0 Å². The quantitative estimate of drug-likeness (QED) is 0.869. The van der Waals surface area contributed by atoms with Gasteiger partial charge in [-0.25, -0.2) is 9.97 Å². The van der Waals surface area contributed by atoms with Crippen molar-refractivity contribution in [3.05, 3.63) is 29.4 Å². The van der Waals surface area contributed by atoms with Crippen molar-refractivity contribution in [1.29, 1.82) is 0 Å². The van der Waals surface area contributed by atoms with Crippen molar-refractivity contribution in [2.75, 3.05) is 25.0 Å². The van der Waals surface area contributed by atoms with Crippen LogP contribution >= 0.6 is 0 Å². The van der Waals surface area contributed by atoms with E-state index in [1.54, 1.807) is 11.0 Å². The second-order valence-corrected chi connectivity index (χ2v) is 5.73. The fourth-order valence-corrected chi connectivity index (χ4v) is 2.72. The molecule has 8 heteroatoms. The summed E-state index contributed by atoms with van der Waals surface area (Å²) in [5, 5.41) is 7.02. The Kier molecular flexibility index (Phi) is 4.24. The lowest BCUT2D eigenvalue weighted by Crippen LogP contribution is -2.34. The molecular formula is C15H20N6O2. The van der Waals surface area contributed by atoms with Gasteiger partial charge in [0.2, 0.25) is 5.91 Å². The van der Waals surface area contributed by atoms with Crippen LogP contribution in [0, 0.1) is 13.8 Å². The van der Waals surface area contributed by atoms with Gasteiger partial charge in [-0.15, -0.1) is 0 Å². The van der Waals surface area contributed by atoms with E-state index < -0.39 is 0 Å². The van der Waals surface area contributed by atoms with Crippen molar-refractivity contribution in [3.63, 3.8) is 0 Å². The van der Waals surface area contributed by atoms with Crippen LogP contribution in [0.1, 0.15) is 29.6 Å². The van der Waals surface area contributed by atoms with Crippen molar-refractivity contribution in [2.45, 2.75) is 26.2 Å². The topological polar surface area (TPSA) is 110 Å². The van der Waals surface area contributed by atoms with Gasteiger partial charge in [0.05, 0.1) is 6.54 Å². The van der Waals surface area contributed by atoms with Gasteiger partial charge in [-0.1, -0.05) is 5.16 Å². The summed E-state index contributed by atoms with van der Waals surface area (Å²) in [5.74, 6) is 2.84. The summed E-state index contributed by atoms with van der Waals surface area (Å²) in [6.45, 7) is 5.10. The Bertz CT molecular complexity index is 714. The van der Waals surface area contributed by atoms with Gasteiger partial charge in [-0.3, -0.25) is 4.79 Å². The Hall–Kier alpha value is -2.48. The van der Waals surface area contributed by atoms with E-state index in [1.165, 1.54) is 0 Å². The second kappa shape index (κ2) is 6.33. The predicted molar refractivity (Wildman–Crippen MR) is 84.3 cm³/mol. The van der Waals surface area contributed by atoms with Crippen LogP contribution in [-0.4, -0.2) is 45.6 Å². The van der Waals surface area contributed by atoms with Crippen LogP contribution in [0.5, 0.6) is 0 Å². The summed E-state index contributed by atoms with van der Waals surface area (Å²) >= 11 is 0. The minimum absolute atomic E-state index is 0.0310. The first kappa shape index (κ1) is 15.4. The average molecular weight is 316 g/mol. The zero-order valence-corrected chi connectivity index (χ0v) is 13.2. The zero-order valence-electron chi connectivity index (χ0n) is 13.2. The number of nitrogens with two attached hydrogens (primary N) is 1. The van der Waals surface area contributed by atoms with Crippen molar-refractivity contribution < 1.29 is 9.32 Å². The molecule has 1 unspecified atom stereocenters. The number of nitrogens with zero attached hydrogens (tertiary/aromatic N) is 4. The summed E-state index contributed by atoms with van der Waals surface area (Å²) in [7, 11) is 0. The van der Waals surface area contributed by atoms with Crippen molar-refractivity contribution in [1.82, 2.24) is 20.0 Å². The maximum atomic E-state index is 11.7. The molecule has 0 aliphatic carbocycles. The monoisotopic (exact) mass is 316 g/mol. The molecule has 1 saturated heterocycles. The number of aromatic nitrogens is 3. The molecule has 0 spiro atoms. The Morgan fingerprint density at radius 1 is 1.39 bits per heavy atom. The maximum absolute atomic E-state index is 11.7. The highest BCUT2D eigenvalue weighted by molar-refractivity contribution is 5.78. The number of anilines is 2. The van der Waals surface area contributed by atoms with E-state index in [4.69, 9.17) is 10.3 Å². The van der Waals surface area contributed by atoms with E-state index in [1.807, 2.05) is 19.9 Å². The highest BCUT2D eigenvalue weighted by atomic mass is 16.5. The Labute approximate surface area is 134 Å². The molecule has 1 aliphatic heterocycles. The number of rotatable bonds is 4. The van der Waals surface area contributed by atoms with Crippen LogP contribution in [0.15, 0.2) is 16.7 Å². The Balaban J connectivity index is 1.77. The lowest BCUT2D eigenvalue weighted by molar-refractivity contribution is -0.128. The normalized spacial score (nSPS) is 17.5. The molecule has 3 rings (SSSR count). The minimum Gasteiger partial charge on any atom is -0.360 e. The molecule has 8 nitrogen and oxygen atoms in total. The van der Waals surface area contributed by atoms with E-state index >= 15 is 0 Å². The molecule has 122 valence electrons. The molecule has 1 aliphatic rings. The van der Waals surface area contributed by atoms with Crippen LogP contribution in [0.4, 0.5) is 11.6 Å². The lowest BCUT2D eigenvalue weighted by atomic mass is 10.1. The maximum Gasteiger partial charge on any atom is 0.236 e. The first-order chi connectivity index (χ1) is 11.0. The van der Waals surface area contributed by atoms with E-state index in [-0.39, 0.29) is 18.4 Å². The molecule has 1 atom stereocenters. The molecule has 2 aromatic rings. The number of aryl methyl sites for hydroxylation is 2. The van der Waals surface area contributed by atoms with Crippen molar-refractivity contribution in [3.8, 4) is 0 Å². The third kappa shape index (κ3) is 3.48. The van der Waals surface area contributed by atoms with Gasteiger partial charge in [0, 0.05) is 36.8 Å². The van der Waals surface area contributed by atoms with Gasteiger partial charge in [-0.05, 0) is 20.3 Å². The standard InChI is InChI=1S/C15H20N6O2/c1-9-5-12(18-13-6-10(2)23-20-13)19-15(17-9)11-3-4-21(8-11)14(22)7-16/h5-6,11H,3-4,7-8,16H2,1-2H3,(H,17,18,19,20). The smallest absolute Gasteiger partial charge is 0.236 e. The van der Waals surface area contributed by atoms with E-state index in [9.17, 15) is 4.79 Å². The molecule has 0 aromatic carbocycles. The average Bonchev–Trinajstić information content (AvgIpc) is 3.15. The van der Waals surface area contributed by atoms with Crippen molar-refractivity contribution in [2.24, 2.45) is 5.73 Å². The lowest BCUT2D eigenvalue weighted by Gasteiger charge is -2.15. The molecule has 0 radical (unpaired) electrons. The molecular weight excluding hydrogens is 296 g/mol. The van der Waals surface area contributed by atoms with E-state index in [2.05, 4.69) is 20.4 Å². The summed E-state index contributed by atoms with van der Waals surface area (Å²) < 4.78 is 5.04. The number of hydrogen-bond donors (Lipinski definition) is 2. The minimum atomic E-state index is -0.0310. The fourth-order valence-electron chi connectivity index (χ4n) is 2.72. The summed E-state index contributed by atoms with van der Waals surface area (Å²) in [6, 6.07) is 3.65. The van der Waals surface area contributed by atoms with Gasteiger partial charge in [0.1, 0.15) is 17.4 Å². The number of carbonyl (C=O) groups is 1. The number of hydrogen-bond acceptors (Lipinski definition) is 7. The van der Waals surface area contributed by atoms with Gasteiger partial charge >= 0.3 is 0 Å². The summed E-state index contributed by atoms with van der Waals surface area (Å²) in [6.07, 6.45) is 0.845. The number of nitrogens with one attached hydrogen (secondary N) is 1. The number of amides is 1. The predicted octanol–water partition coefficient (Wildman–Crippen LogP) is 1.10. The summed E-state index contributed by atoms with van der Waals surface area (Å²) in [4.78, 5) is 22.6. The Morgan fingerprint density at radius 2 is 2.22 bits per heavy atom. The molecule has 2 aromatic heterocycles. The SMILES string of the molecule is Cc1cc(Nc2cc(C)on2)nc(C2CCN(C(=O)CN)C2)n1. The largest absolute Gasteiger partial charge is 0.360 e. The molecule has 1 amide bonds.